The largest absolute Gasteiger partial charge is 0.338 e. The zero-order valence-electron chi connectivity index (χ0n) is 22.3. The minimum Gasteiger partial charge on any atom is -0.338 e. The molecule has 0 bridgehead atoms. The van der Waals surface area contributed by atoms with Crippen LogP contribution in [0.4, 0.5) is 0 Å². The van der Waals surface area contributed by atoms with Crippen LogP contribution in [0.2, 0.25) is 0 Å². The standard InChI is InChI=1S/C32H37NO.C2H6/c1-3-32(34)33-21-26(22-33)13-18-30-23(2)9-14-29-17-12-25(20-31(29)30)19-24-10-15-28(16-11-24)27-7-5-4-6-8-27;1-2/h3,9-12,14-17,20,26-27,30H,1-2,4-8,13,18-19,21-22H2;1-2H3. The number of fused-ring (bicyclic) bond motifs is 1. The molecule has 1 atom stereocenters. The molecule has 1 aliphatic heterocycles. The monoisotopic (exact) mass is 481 g/mol. The molecular formula is C34H43NO. The minimum atomic E-state index is 0.0584. The van der Waals surface area contributed by atoms with Crippen LogP contribution in [0.5, 0.6) is 0 Å². The fourth-order valence-electron chi connectivity index (χ4n) is 6.08. The predicted octanol–water partition coefficient (Wildman–Crippen LogP) is 8.44. The third kappa shape index (κ3) is 6.09. The molecule has 1 saturated carbocycles. The fourth-order valence-corrected chi connectivity index (χ4v) is 6.08. The van der Waals surface area contributed by atoms with Crippen molar-refractivity contribution >= 4 is 12.0 Å². The molecule has 0 N–H and O–H groups in total. The Morgan fingerprint density at radius 1 is 0.944 bits per heavy atom. The van der Waals surface area contributed by atoms with Gasteiger partial charge in [0.25, 0.3) is 0 Å². The Kier molecular flexibility index (Phi) is 9.02. The molecule has 190 valence electrons. The van der Waals surface area contributed by atoms with Gasteiger partial charge in [0.1, 0.15) is 0 Å². The third-order valence-corrected chi connectivity index (χ3v) is 8.22. The van der Waals surface area contributed by atoms with E-state index in [9.17, 15) is 4.79 Å². The van der Waals surface area contributed by atoms with E-state index in [0.29, 0.717) is 11.8 Å². The first-order valence-electron chi connectivity index (χ1n) is 14.1. The molecule has 2 aromatic carbocycles. The average Bonchev–Trinajstić information content (AvgIpc) is 2.90. The Labute approximate surface area is 218 Å². The molecule has 1 heterocycles. The topological polar surface area (TPSA) is 20.3 Å². The molecule has 1 unspecified atom stereocenters. The first kappa shape index (κ1) is 26.2. The Bertz CT molecular complexity index is 1080. The number of carbonyl (C=O) groups excluding carboxylic acids is 1. The van der Waals surface area contributed by atoms with Crippen molar-refractivity contribution < 1.29 is 4.79 Å². The van der Waals surface area contributed by atoms with Crippen LogP contribution in [0, 0.1) is 5.92 Å². The molecule has 2 fully saturated rings. The Morgan fingerprint density at radius 3 is 2.33 bits per heavy atom. The van der Waals surface area contributed by atoms with E-state index in [1.807, 2.05) is 18.7 Å². The first-order valence-corrected chi connectivity index (χ1v) is 14.1. The maximum absolute atomic E-state index is 11.7. The third-order valence-electron chi connectivity index (χ3n) is 8.22. The normalized spacial score (nSPS) is 19.7. The predicted molar refractivity (Wildman–Crippen MR) is 153 cm³/mol. The van der Waals surface area contributed by atoms with Crippen LogP contribution >= 0.6 is 0 Å². The quantitative estimate of drug-likeness (QED) is 0.363. The SMILES string of the molecule is C=CC(=O)N1CC(CCC2C(=C)C=Cc3ccc(Cc4ccc(C5CCCCC5)cc4)cc32)C1.CC. The number of hydrogen-bond acceptors (Lipinski definition) is 1. The van der Waals surface area contributed by atoms with Gasteiger partial charge in [-0.3, -0.25) is 4.79 Å². The number of allylic oxidation sites excluding steroid dienone is 2. The summed E-state index contributed by atoms with van der Waals surface area (Å²) in [6.45, 7) is 13.7. The smallest absolute Gasteiger partial charge is 0.245 e. The molecule has 2 aliphatic carbocycles. The van der Waals surface area contributed by atoms with Crippen molar-refractivity contribution in [1.82, 2.24) is 4.90 Å². The van der Waals surface area contributed by atoms with Gasteiger partial charge >= 0.3 is 0 Å². The van der Waals surface area contributed by atoms with Gasteiger partial charge in [0.2, 0.25) is 5.91 Å². The van der Waals surface area contributed by atoms with E-state index < -0.39 is 0 Å². The van der Waals surface area contributed by atoms with Gasteiger partial charge in [-0.1, -0.05) is 101 Å². The molecule has 5 rings (SSSR count). The summed E-state index contributed by atoms with van der Waals surface area (Å²) in [7, 11) is 0. The van der Waals surface area contributed by atoms with Gasteiger partial charge in [-0.05, 0) is 83.4 Å². The second-order valence-electron chi connectivity index (χ2n) is 10.6. The van der Waals surface area contributed by atoms with Crippen LogP contribution < -0.4 is 0 Å². The fraction of sp³-hybridized carbons (Fsp3) is 0.441. The van der Waals surface area contributed by atoms with Crippen molar-refractivity contribution in [1.29, 1.82) is 0 Å². The lowest BCUT2D eigenvalue weighted by Crippen LogP contribution is -2.49. The van der Waals surface area contributed by atoms with Gasteiger partial charge in [-0.15, -0.1) is 0 Å². The maximum Gasteiger partial charge on any atom is 0.245 e. The van der Waals surface area contributed by atoms with E-state index in [1.54, 1.807) is 0 Å². The molecule has 3 aliphatic rings. The molecule has 0 radical (unpaired) electrons. The van der Waals surface area contributed by atoms with E-state index >= 15 is 0 Å². The number of likely N-dealkylation sites (tertiary alicyclic amines) is 1. The van der Waals surface area contributed by atoms with Crippen molar-refractivity contribution in [2.75, 3.05) is 13.1 Å². The van der Waals surface area contributed by atoms with Crippen molar-refractivity contribution in [3.63, 3.8) is 0 Å². The van der Waals surface area contributed by atoms with Crippen LogP contribution in [0.3, 0.4) is 0 Å². The molecule has 1 amide bonds. The number of hydrogen-bond donors (Lipinski definition) is 0. The summed E-state index contributed by atoms with van der Waals surface area (Å²) < 4.78 is 0. The van der Waals surface area contributed by atoms with Gasteiger partial charge in [0, 0.05) is 19.0 Å². The van der Waals surface area contributed by atoms with E-state index in [0.717, 1.165) is 38.3 Å². The lowest BCUT2D eigenvalue weighted by Gasteiger charge is -2.39. The van der Waals surface area contributed by atoms with E-state index in [2.05, 4.69) is 67.8 Å². The summed E-state index contributed by atoms with van der Waals surface area (Å²) in [5.41, 5.74) is 8.25. The van der Waals surface area contributed by atoms with Gasteiger partial charge < -0.3 is 4.90 Å². The zero-order valence-corrected chi connectivity index (χ0v) is 22.3. The highest BCUT2D eigenvalue weighted by atomic mass is 16.2. The molecule has 2 heteroatoms. The van der Waals surface area contributed by atoms with Crippen molar-refractivity contribution in [2.45, 2.75) is 77.0 Å². The van der Waals surface area contributed by atoms with Crippen LogP contribution in [0.1, 0.15) is 98.4 Å². The van der Waals surface area contributed by atoms with Crippen molar-refractivity contribution in [3.05, 3.63) is 101 Å². The van der Waals surface area contributed by atoms with Crippen molar-refractivity contribution in [3.8, 4) is 0 Å². The van der Waals surface area contributed by atoms with E-state index in [4.69, 9.17) is 0 Å². The molecule has 1 saturated heterocycles. The number of carbonyl (C=O) groups is 1. The molecule has 0 aromatic heterocycles. The second kappa shape index (κ2) is 12.4. The second-order valence-corrected chi connectivity index (χ2v) is 10.6. The van der Waals surface area contributed by atoms with Gasteiger partial charge in [0.15, 0.2) is 0 Å². The summed E-state index contributed by atoms with van der Waals surface area (Å²) in [4.78, 5) is 13.6. The van der Waals surface area contributed by atoms with Crippen LogP contribution in [0.25, 0.3) is 6.08 Å². The molecule has 2 nitrogen and oxygen atoms in total. The highest BCUT2D eigenvalue weighted by Crippen LogP contribution is 2.39. The van der Waals surface area contributed by atoms with Crippen LogP contribution in [-0.2, 0) is 11.2 Å². The van der Waals surface area contributed by atoms with Gasteiger partial charge in [0.05, 0.1) is 0 Å². The minimum absolute atomic E-state index is 0.0584. The maximum atomic E-state index is 11.7. The lowest BCUT2D eigenvalue weighted by atomic mass is 9.78. The van der Waals surface area contributed by atoms with Crippen LogP contribution in [-0.4, -0.2) is 23.9 Å². The zero-order chi connectivity index (χ0) is 25.5. The Hall–Kier alpha value is -2.87. The number of nitrogens with zero attached hydrogens (tertiary/aromatic N) is 1. The highest BCUT2D eigenvalue weighted by Gasteiger charge is 2.30. The average molecular weight is 482 g/mol. The number of rotatable bonds is 7. The van der Waals surface area contributed by atoms with E-state index in [-0.39, 0.29) is 5.91 Å². The Morgan fingerprint density at radius 2 is 1.64 bits per heavy atom. The summed E-state index contributed by atoms with van der Waals surface area (Å²) in [5.74, 6) is 1.79. The van der Waals surface area contributed by atoms with Gasteiger partial charge in [-0.25, -0.2) is 0 Å². The molecule has 2 aromatic rings. The van der Waals surface area contributed by atoms with Crippen LogP contribution in [0.15, 0.2) is 73.3 Å². The summed E-state index contributed by atoms with van der Waals surface area (Å²) in [6.07, 6.45) is 15.9. The molecular weight excluding hydrogens is 438 g/mol. The number of benzene rings is 2. The summed E-state index contributed by atoms with van der Waals surface area (Å²) in [6, 6.07) is 16.4. The summed E-state index contributed by atoms with van der Waals surface area (Å²) >= 11 is 0. The van der Waals surface area contributed by atoms with E-state index in [1.165, 1.54) is 71.6 Å². The van der Waals surface area contributed by atoms with Gasteiger partial charge in [-0.2, -0.15) is 0 Å². The number of amides is 1. The lowest BCUT2D eigenvalue weighted by molar-refractivity contribution is -0.132. The molecule has 36 heavy (non-hydrogen) atoms. The highest BCUT2D eigenvalue weighted by molar-refractivity contribution is 5.87. The summed E-state index contributed by atoms with van der Waals surface area (Å²) in [5, 5.41) is 0. The Balaban J connectivity index is 0.00000148. The first-order chi connectivity index (χ1) is 17.6. The molecule has 0 spiro atoms. The van der Waals surface area contributed by atoms with Crippen molar-refractivity contribution in [2.24, 2.45) is 5.92 Å².